The van der Waals surface area contributed by atoms with Crippen molar-refractivity contribution >= 4 is 27.8 Å². The maximum absolute atomic E-state index is 13.8. The third-order valence-electron chi connectivity index (χ3n) is 9.68. The van der Waals surface area contributed by atoms with E-state index in [0.29, 0.717) is 67.5 Å². The number of hydrogen-bond acceptors (Lipinski definition) is 11. The minimum Gasteiger partial charge on any atom is -0.493 e. The van der Waals surface area contributed by atoms with Crippen LogP contribution < -0.4 is 26.0 Å². The predicted octanol–water partition coefficient (Wildman–Crippen LogP) is 5.14. The lowest BCUT2D eigenvalue weighted by Gasteiger charge is -2.23. The summed E-state index contributed by atoms with van der Waals surface area (Å²) >= 11 is 0. The molecule has 59 heavy (non-hydrogen) atoms. The van der Waals surface area contributed by atoms with E-state index in [1.165, 1.54) is 0 Å². The van der Waals surface area contributed by atoms with Crippen LogP contribution in [0.1, 0.15) is 28.8 Å². The minimum atomic E-state index is -4.67. The second-order valence-corrected chi connectivity index (χ2v) is 14.8. The summed E-state index contributed by atoms with van der Waals surface area (Å²) in [4.78, 5) is 32.0. The van der Waals surface area contributed by atoms with Gasteiger partial charge in [-0.3, -0.25) is 18.7 Å². The van der Waals surface area contributed by atoms with Gasteiger partial charge in [0, 0.05) is 60.7 Å². The van der Waals surface area contributed by atoms with Crippen molar-refractivity contribution in [2.45, 2.75) is 32.4 Å². The molecule has 2 aliphatic heterocycles. The maximum Gasteiger partial charge on any atom is 0.394 e. The van der Waals surface area contributed by atoms with Gasteiger partial charge in [0.05, 0.1) is 26.9 Å². The maximum atomic E-state index is 13.8. The largest absolute Gasteiger partial charge is 0.493 e. The van der Waals surface area contributed by atoms with E-state index in [4.69, 9.17) is 46.9 Å². The highest BCUT2D eigenvalue weighted by atomic mass is 32.3. The van der Waals surface area contributed by atoms with E-state index in [1.54, 1.807) is 31.6 Å². The van der Waals surface area contributed by atoms with Crippen molar-refractivity contribution in [3.63, 3.8) is 0 Å². The lowest BCUT2D eigenvalue weighted by atomic mass is 9.99. The number of methoxy groups -OCH3 is 1. The number of amides is 1. The summed E-state index contributed by atoms with van der Waals surface area (Å²) in [6, 6.07) is 22.8. The van der Waals surface area contributed by atoms with E-state index in [2.05, 4.69) is 10.3 Å². The summed E-state index contributed by atoms with van der Waals surface area (Å²) in [5, 5.41) is 2.94. The molecule has 0 unspecified atom stereocenters. The van der Waals surface area contributed by atoms with Crippen molar-refractivity contribution in [2.24, 2.45) is 5.92 Å². The SMILES string of the molecule is COc1cc(-c2cnc(N)c(-c3ccc(NC(=O)c4cn(CC5CCOCC5)cc(-c5ccc(C)cc5)c4=O)cc3)c2)ccc1OC[C@H]1COCCO1.O.O=S(=O)(O)O. The number of nitrogens with two attached hydrogens (primary N) is 1. The first-order chi connectivity index (χ1) is 27.8. The standard InChI is InChI=1S/C42H44N4O7.H2O4S.H2O/c1-27-3-5-30(6-4-27)36-23-46(22-28-13-15-50-16-14-28)24-37(40(36)47)42(48)45-33-10-7-29(8-11-33)35-19-32(21-44-41(35)43)31-9-12-38(39(20-31)49-2)53-26-34-25-51-17-18-52-34;1-5(2,3)4;/h3-12,19-21,23-24,28,34H,13-18,22,25-26H2,1-2H3,(H2,43,44)(H,45,48);(H2,1,2,3,4);1H2/t34-;;/m1../s1. The molecule has 4 heterocycles. The molecule has 7 rings (SSSR count). The number of aromatic nitrogens is 2. The number of nitrogens with one attached hydrogen (secondary N) is 1. The molecule has 0 radical (unpaired) electrons. The van der Waals surface area contributed by atoms with Gasteiger partial charge in [-0.1, -0.05) is 48.0 Å². The Morgan fingerprint density at radius 2 is 1.54 bits per heavy atom. The van der Waals surface area contributed by atoms with E-state index >= 15 is 0 Å². The van der Waals surface area contributed by atoms with Gasteiger partial charge in [-0.05, 0) is 72.7 Å². The fraction of sp³-hybridized carbons (Fsp3) is 0.310. The van der Waals surface area contributed by atoms with Crippen LogP contribution in [0.3, 0.4) is 0 Å². The van der Waals surface area contributed by atoms with Crippen LogP contribution in [-0.4, -0.2) is 91.3 Å². The number of aryl methyl sites for hydroxylation is 1. The zero-order chi connectivity index (χ0) is 41.2. The van der Waals surface area contributed by atoms with Crippen molar-refractivity contribution in [3.05, 3.63) is 113 Å². The van der Waals surface area contributed by atoms with Gasteiger partial charge in [-0.25, -0.2) is 4.98 Å². The van der Waals surface area contributed by atoms with Crippen molar-refractivity contribution < 1.29 is 51.5 Å². The number of pyridine rings is 2. The number of carbonyl (C=O) groups is 1. The van der Waals surface area contributed by atoms with E-state index < -0.39 is 16.3 Å². The highest BCUT2D eigenvalue weighted by molar-refractivity contribution is 7.79. The van der Waals surface area contributed by atoms with Gasteiger partial charge in [-0.15, -0.1) is 0 Å². The second-order valence-electron chi connectivity index (χ2n) is 13.9. The Labute approximate surface area is 341 Å². The average Bonchev–Trinajstić information content (AvgIpc) is 3.21. The van der Waals surface area contributed by atoms with Gasteiger partial charge in [0.15, 0.2) is 11.5 Å². The van der Waals surface area contributed by atoms with Crippen molar-refractivity contribution in [1.82, 2.24) is 9.55 Å². The van der Waals surface area contributed by atoms with Gasteiger partial charge in [-0.2, -0.15) is 8.42 Å². The highest BCUT2D eigenvalue weighted by Crippen LogP contribution is 2.35. The molecule has 2 fully saturated rings. The van der Waals surface area contributed by atoms with Crippen LogP contribution in [0.5, 0.6) is 11.5 Å². The summed E-state index contributed by atoms with van der Waals surface area (Å²) in [5.41, 5.74) is 12.3. The Morgan fingerprint density at radius 3 is 2.20 bits per heavy atom. The average molecular weight is 833 g/mol. The van der Waals surface area contributed by atoms with Crippen LogP contribution in [0.2, 0.25) is 0 Å². The first-order valence-electron chi connectivity index (χ1n) is 18.6. The molecule has 0 aliphatic carbocycles. The van der Waals surface area contributed by atoms with Gasteiger partial charge in [0.25, 0.3) is 5.91 Å². The van der Waals surface area contributed by atoms with E-state index in [9.17, 15) is 9.59 Å². The van der Waals surface area contributed by atoms with Gasteiger partial charge < -0.3 is 44.8 Å². The Hall–Kier alpha value is -5.66. The summed E-state index contributed by atoms with van der Waals surface area (Å²) in [7, 11) is -3.07. The third-order valence-corrected chi connectivity index (χ3v) is 9.68. The molecule has 3 aromatic carbocycles. The molecule has 7 N–H and O–H groups in total. The van der Waals surface area contributed by atoms with E-state index in [1.807, 2.05) is 78.4 Å². The Morgan fingerprint density at radius 1 is 0.881 bits per heavy atom. The molecule has 17 heteroatoms. The Balaban J connectivity index is 0.00000104. The molecule has 1 atom stereocenters. The molecule has 5 aromatic rings. The van der Waals surface area contributed by atoms with Crippen molar-refractivity contribution in [1.29, 1.82) is 0 Å². The lowest BCUT2D eigenvalue weighted by Crippen LogP contribution is -2.33. The number of anilines is 2. The zero-order valence-corrected chi connectivity index (χ0v) is 33.4. The summed E-state index contributed by atoms with van der Waals surface area (Å²) in [6.45, 7) is 6.13. The van der Waals surface area contributed by atoms with E-state index in [0.717, 1.165) is 59.4 Å². The van der Waals surface area contributed by atoms with Crippen LogP contribution in [0, 0.1) is 12.8 Å². The van der Waals surface area contributed by atoms with Crippen LogP contribution in [0.15, 0.2) is 96.2 Å². The van der Waals surface area contributed by atoms with Crippen LogP contribution in [-0.2, 0) is 31.2 Å². The molecule has 16 nitrogen and oxygen atoms in total. The first kappa shape index (κ1) is 44.4. The van der Waals surface area contributed by atoms with Gasteiger partial charge in [0.2, 0.25) is 5.43 Å². The molecular weight excluding hydrogens is 785 g/mol. The van der Waals surface area contributed by atoms with Crippen LogP contribution in [0.4, 0.5) is 11.5 Å². The minimum absolute atomic E-state index is 0. The molecular formula is C42H48N4O12S. The Bertz CT molecular complexity index is 2350. The number of benzene rings is 3. The molecule has 2 saturated heterocycles. The van der Waals surface area contributed by atoms with Crippen molar-refractivity contribution in [2.75, 3.05) is 57.8 Å². The molecule has 2 aliphatic rings. The second kappa shape index (κ2) is 20.3. The fourth-order valence-corrected chi connectivity index (χ4v) is 6.64. The van der Waals surface area contributed by atoms with Crippen LogP contribution >= 0.6 is 0 Å². The molecule has 1 amide bonds. The highest BCUT2D eigenvalue weighted by Gasteiger charge is 2.21. The lowest BCUT2D eigenvalue weighted by molar-refractivity contribution is -0.101. The van der Waals surface area contributed by atoms with Crippen molar-refractivity contribution in [3.8, 4) is 44.9 Å². The smallest absolute Gasteiger partial charge is 0.394 e. The summed E-state index contributed by atoms with van der Waals surface area (Å²) in [5.74, 6) is 1.48. The van der Waals surface area contributed by atoms with Crippen LogP contribution in [0.25, 0.3) is 33.4 Å². The molecule has 0 saturated carbocycles. The van der Waals surface area contributed by atoms with Gasteiger partial charge in [0.1, 0.15) is 24.1 Å². The molecule has 0 bridgehead atoms. The monoisotopic (exact) mass is 832 g/mol. The number of carbonyl (C=O) groups excluding carboxylic acids is 1. The number of ether oxygens (including phenoxy) is 5. The van der Waals surface area contributed by atoms with Gasteiger partial charge >= 0.3 is 10.4 Å². The third kappa shape index (κ3) is 12.4. The Kier molecular flexibility index (Phi) is 15.3. The number of nitrogens with zero attached hydrogens (tertiary/aromatic N) is 2. The summed E-state index contributed by atoms with van der Waals surface area (Å²) in [6.07, 6.45) is 6.99. The molecule has 2 aromatic heterocycles. The fourth-order valence-electron chi connectivity index (χ4n) is 6.64. The normalized spacial score (nSPS) is 15.6. The molecule has 0 spiro atoms. The topological polar surface area (TPSA) is 242 Å². The summed E-state index contributed by atoms with van der Waals surface area (Å²) < 4.78 is 61.9. The molecule has 314 valence electrons. The predicted molar refractivity (Wildman–Crippen MR) is 222 cm³/mol. The number of rotatable bonds is 11. The quantitative estimate of drug-likeness (QED) is 0.126. The number of hydrogen-bond donors (Lipinski definition) is 4. The zero-order valence-electron chi connectivity index (χ0n) is 32.6. The van der Waals surface area contributed by atoms with E-state index in [-0.39, 0.29) is 22.6 Å². The number of nitrogen functional groups attached to an aromatic ring is 1. The first-order valence-corrected chi connectivity index (χ1v) is 20.0.